The summed E-state index contributed by atoms with van der Waals surface area (Å²) in [6.45, 7) is 34.7. The molecule has 9 heteroatoms. The summed E-state index contributed by atoms with van der Waals surface area (Å²) in [5, 5.41) is 0. The highest BCUT2D eigenvalue weighted by atomic mass is 16.7. The molecule has 6 nitrogen and oxygen atoms in total. The maximum atomic E-state index is 6.06. The molecule has 3 aliphatic rings. The first-order valence-electron chi connectivity index (χ1n) is 13.6. The maximum Gasteiger partial charge on any atom is 0.488 e. The molecule has 0 amide bonds. The molecule has 3 saturated heterocycles. The fourth-order valence-electron chi connectivity index (χ4n) is 5.78. The lowest BCUT2D eigenvalue weighted by molar-refractivity contribution is -0.0987. The summed E-state index contributed by atoms with van der Waals surface area (Å²) in [6.07, 6.45) is 4.38. The third-order valence-electron chi connectivity index (χ3n) is 5.93. The van der Waals surface area contributed by atoms with Gasteiger partial charge in [-0.25, -0.2) is 0 Å². The Bertz CT molecular complexity index is 634. The molecular weight excluding hydrogens is 453 g/mol. The summed E-state index contributed by atoms with van der Waals surface area (Å²) >= 11 is 0. The van der Waals surface area contributed by atoms with Crippen LogP contribution in [0.25, 0.3) is 0 Å². The third-order valence-corrected chi connectivity index (χ3v) is 5.93. The molecule has 0 unspecified atom stereocenters. The van der Waals surface area contributed by atoms with E-state index in [9.17, 15) is 0 Å². The number of rotatable bonds is 2. The van der Waals surface area contributed by atoms with E-state index >= 15 is 0 Å². The van der Waals surface area contributed by atoms with Gasteiger partial charge in [0.2, 0.25) is 0 Å². The van der Waals surface area contributed by atoms with Crippen LogP contribution in [0, 0.1) is 0 Å². The van der Waals surface area contributed by atoms with Crippen molar-refractivity contribution in [2.24, 2.45) is 0 Å². The van der Waals surface area contributed by atoms with Crippen LogP contribution in [-0.4, -0.2) is 54.7 Å². The minimum absolute atomic E-state index is 0.0567. The van der Waals surface area contributed by atoms with Gasteiger partial charge in [0.15, 0.2) is 0 Å². The molecule has 0 aromatic carbocycles. The van der Waals surface area contributed by atoms with Crippen molar-refractivity contribution in [1.82, 2.24) is 0 Å². The van der Waals surface area contributed by atoms with Crippen molar-refractivity contribution in [1.29, 1.82) is 0 Å². The molecule has 0 radical (unpaired) electrons. The molecule has 3 aliphatic heterocycles. The molecule has 3 rings (SSSR count). The normalized spacial score (nSPS) is 27.3. The summed E-state index contributed by atoms with van der Waals surface area (Å²) in [5.74, 6) is 0.416. The highest BCUT2D eigenvalue weighted by Crippen LogP contribution is 2.39. The first kappa shape index (κ1) is 33.7. The van der Waals surface area contributed by atoms with Crippen LogP contribution in [0.2, 0.25) is 5.82 Å². The lowest BCUT2D eigenvalue weighted by atomic mass is 9.45. The van der Waals surface area contributed by atoms with Gasteiger partial charge in [-0.1, -0.05) is 19.9 Å². The van der Waals surface area contributed by atoms with Crippen molar-refractivity contribution in [2.75, 3.05) is 0 Å². The molecule has 36 heavy (non-hydrogen) atoms. The first-order chi connectivity index (χ1) is 15.9. The van der Waals surface area contributed by atoms with E-state index in [1.807, 2.05) is 6.92 Å². The van der Waals surface area contributed by atoms with Gasteiger partial charge in [-0.2, -0.15) is 0 Å². The summed E-state index contributed by atoms with van der Waals surface area (Å²) in [7, 11) is -1.04. The fourth-order valence-corrected chi connectivity index (χ4v) is 5.78. The predicted octanol–water partition coefficient (Wildman–Crippen LogP) is 7.10. The van der Waals surface area contributed by atoms with Crippen molar-refractivity contribution >= 4 is 21.1 Å². The standard InChI is InChI=1S/C14H28B2O4.C10H21BO2.C3H6/c1-11(2)9-12(3,4)18-15(17-11)16-19-13(5,6)10-14(7,8)20-16;1-8(2)11-12-9(3,4)7-10(5,6)13-11;1-3-2/h9-10H2,1-8H3;8H,7H2,1-6H3;3H,1H2,2H3. The van der Waals surface area contributed by atoms with Crippen molar-refractivity contribution in [3.8, 4) is 0 Å². The maximum absolute atomic E-state index is 6.06. The Kier molecular flexibility index (Phi) is 11.1. The van der Waals surface area contributed by atoms with E-state index in [0.29, 0.717) is 5.82 Å². The van der Waals surface area contributed by atoms with Crippen LogP contribution in [-0.2, 0) is 27.9 Å². The number of hydrogen-bond acceptors (Lipinski definition) is 6. The van der Waals surface area contributed by atoms with Crippen LogP contribution >= 0.6 is 0 Å². The smallest absolute Gasteiger partial charge is 0.408 e. The third kappa shape index (κ3) is 11.6. The summed E-state index contributed by atoms with van der Waals surface area (Å²) in [5.41, 5.74) is -1.10. The second-order valence-corrected chi connectivity index (χ2v) is 14.6. The predicted molar refractivity (Wildman–Crippen MR) is 153 cm³/mol. The monoisotopic (exact) mass is 508 g/mol. The zero-order valence-electron chi connectivity index (χ0n) is 26.2. The van der Waals surface area contributed by atoms with Gasteiger partial charge < -0.3 is 27.9 Å². The van der Waals surface area contributed by atoms with Crippen molar-refractivity contribution in [2.45, 2.75) is 163 Å². The van der Waals surface area contributed by atoms with Gasteiger partial charge in [-0.3, -0.25) is 0 Å². The highest BCUT2D eigenvalue weighted by Gasteiger charge is 2.56. The Morgan fingerprint density at radius 1 is 0.528 bits per heavy atom. The average molecular weight is 508 g/mol. The number of hydrogen-bond donors (Lipinski definition) is 0. The van der Waals surface area contributed by atoms with E-state index in [4.69, 9.17) is 27.9 Å². The van der Waals surface area contributed by atoms with Gasteiger partial charge in [-0.05, 0) is 95.8 Å². The van der Waals surface area contributed by atoms with Crippen LogP contribution in [0.15, 0.2) is 12.7 Å². The minimum atomic E-state index is -0.493. The molecule has 0 saturated carbocycles. The molecular formula is C27H55B3O6. The van der Waals surface area contributed by atoms with E-state index in [2.05, 4.69) is 104 Å². The Morgan fingerprint density at radius 2 is 0.722 bits per heavy atom. The second kappa shape index (κ2) is 11.8. The zero-order chi connectivity index (χ0) is 28.4. The molecule has 0 aliphatic carbocycles. The molecule has 0 bridgehead atoms. The van der Waals surface area contributed by atoms with E-state index < -0.39 is 14.0 Å². The Hall–Kier alpha value is -0.305. The largest absolute Gasteiger partial charge is 0.488 e. The van der Waals surface area contributed by atoms with Crippen LogP contribution in [0.3, 0.4) is 0 Å². The molecule has 0 atom stereocenters. The molecule has 0 aromatic heterocycles. The Morgan fingerprint density at radius 3 is 0.917 bits per heavy atom. The summed E-state index contributed by atoms with van der Waals surface area (Å²) < 4.78 is 36.0. The molecule has 0 aromatic rings. The van der Waals surface area contributed by atoms with E-state index in [-0.39, 0.29) is 40.7 Å². The molecule has 0 spiro atoms. The van der Waals surface area contributed by atoms with E-state index in [1.165, 1.54) is 0 Å². The number of allylic oxidation sites excluding steroid dienone is 1. The van der Waals surface area contributed by atoms with Crippen LogP contribution < -0.4 is 0 Å². The van der Waals surface area contributed by atoms with Crippen LogP contribution in [0.1, 0.15) is 123 Å². The van der Waals surface area contributed by atoms with Crippen LogP contribution in [0.5, 0.6) is 0 Å². The van der Waals surface area contributed by atoms with Crippen molar-refractivity contribution < 1.29 is 27.9 Å². The minimum Gasteiger partial charge on any atom is -0.408 e. The second-order valence-electron chi connectivity index (χ2n) is 14.6. The van der Waals surface area contributed by atoms with Gasteiger partial charge >= 0.3 is 21.1 Å². The summed E-state index contributed by atoms with van der Waals surface area (Å²) in [6, 6.07) is 0. The SMILES string of the molecule is C=CC.CC(C)B1OC(C)(C)CC(C)(C)O1.CC1(C)CC(C)(C)OB(B2OC(C)(C)CC(C)(C)O2)O1. The topological polar surface area (TPSA) is 55.4 Å². The molecule has 3 heterocycles. The van der Waals surface area contributed by atoms with Gasteiger partial charge in [0.25, 0.3) is 0 Å². The van der Waals surface area contributed by atoms with Gasteiger partial charge in [0.1, 0.15) is 0 Å². The molecule has 0 N–H and O–H groups in total. The van der Waals surface area contributed by atoms with Crippen molar-refractivity contribution in [3.05, 3.63) is 12.7 Å². The quantitative estimate of drug-likeness (QED) is 0.293. The lowest BCUT2D eigenvalue weighted by Crippen LogP contribution is -2.64. The van der Waals surface area contributed by atoms with Crippen LogP contribution in [0.4, 0.5) is 0 Å². The van der Waals surface area contributed by atoms with Gasteiger partial charge in [-0.15, -0.1) is 6.58 Å². The Labute approximate surface area is 224 Å². The average Bonchev–Trinajstić information content (AvgIpc) is 2.54. The van der Waals surface area contributed by atoms with E-state index in [0.717, 1.165) is 19.3 Å². The van der Waals surface area contributed by atoms with Gasteiger partial charge in [0, 0.05) is 19.3 Å². The molecule has 208 valence electrons. The van der Waals surface area contributed by atoms with Gasteiger partial charge in [0.05, 0.1) is 33.6 Å². The van der Waals surface area contributed by atoms with E-state index in [1.54, 1.807) is 6.08 Å². The Balaban J connectivity index is 0.000000349. The lowest BCUT2D eigenvalue weighted by Gasteiger charge is -2.49. The fraction of sp³-hybridized carbons (Fsp3) is 0.926. The zero-order valence-corrected chi connectivity index (χ0v) is 26.2. The van der Waals surface area contributed by atoms with Crippen molar-refractivity contribution in [3.63, 3.8) is 0 Å². The first-order valence-corrected chi connectivity index (χ1v) is 13.6. The summed E-state index contributed by atoms with van der Waals surface area (Å²) in [4.78, 5) is 0. The molecule has 3 fully saturated rings. The highest BCUT2D eigenvalue weighted by molar-refractivity contribution is 7.10.